The van der Waals surface area contributed by atoms with Crippen LogP contribution in [0.1, 0.15) is 97.8 Å². The Kier molecular flexibility index (Phi) is 15.7. The highest BCUT2D eigenvalue weighted by Gasteiger charge is 2.25. The Labute approximate surface area is 148 Å². The van der Waals surface area contributed by atoms with Crippen molar-refractivity contribution in [3.05, 3.63) is 0 Å². The molecule has 0 radical (unpaired) electrons. The average molecular weight is 345 g/mol. The van der Waals surface area contributed by atoms with E-state index >= 15 is 0 Å². The normalized spacial score (nSPS) is 13.4. The Balaban J connectivity index is 3.59. The van der Waals surface area contributed by atoms with E-state index in [0.717, 1.165) is 13.2 Å². The second-order valence-corrected chi connectivity index (χ2v) is 10.8. The molecule has 0 saturated heterocycles. The molecule has 140 valence electrons. The van der Waals surface area contributed by atoms with Crippen molar-refractivity contribution in [2.75, 3.05) is 13.2 Å². The second-order valence-electron chi connectivity index (χ2n) is 7.45. The topological polar surface area (TPSA) is 18.5 Å². The smallest absolute Gasteiger partial charge is 0.331 e. The summed E-state index contributed by atoms with van der Waals surface area (Å²) in [5, 5.41) is 0. The van der Waals surface area contributed by atoms with Crippen LogP contribution in [0, 0.1) is 5.92 Å². The molecule has 0 heterocycles. The van der Waals surface area contributed by atoms with Gasteiger partial charge in [-0.3, -0.25) is 0 Å². The van der Waals surface area contributed by atoms with Crippen molar-refractivity contribution in [3.8, 4) is 0 Å². The van der Waals surface area contributed by atoms with Crippen LogP contribution < -0.4 is 0 Å². The number of unbranched alkanes of at least 4 members (excludes halogenated alkanes) is 8. The first-order valence-corrected chi connectivity index (χ1v) is 13.1. The van der Waals surface area contributed by atoms with E-state index in [2.05, 4.69) is 33.9 Å². The molecule has 0 aromatic heterocycles. The van der Waals surface area contributed by atoms with Crippen LogP contribution in [-0.2, 0) is 8.85 Å². The van der Waals surface area contributed by atoms with Crippen molar-refractivity contribution in [2.45, 2.75) is 111 Å². The molecule has 0 aromatic carbocycles. The predicted molar refractivity (Wildman–Crippen MR) is 105 cm³/mol. The third-order valence-corrected chi connectivity index (χ3v) is 6.42. The molecule has 1 atom stereocenters. The van der Waals surface area contributed by atoms with Crippen LogP contribution in [0.5, 0.6) is 0 Å². The molecule has 0 aliphatic carbocycles. The van der Waals surface area contributed by atoms with Crippen molar-refractivity contribution in [1.29, 1.82) is 0 Å². The largest absolute Gasteiger partial charge is 0.395 e. The van der Waals surface area contributed by atoms with Gasteiger partial charge in [0.25, 0.3) is 0 Å². The van der Waals surface area contributed by atoms with Gasteiger partial charge in [-0.1, -0.05) is 85.0 Å². The van der Waals surface area contributed by atoms with Gasteiger partial charge in [-0.2, -0.15) is 0 Å². The highest BCUT2D eigenvalue weighted by atomic mass is 28.4. The molecular weight excluding hydrogens is 300 g/mol. The first-order chi connectivity index (χ1) is 11.1. The molecule has 0 fully saturated rings. The Morgan fingerprint density at radius 2 is 1.26 bits per heavy atom. The van der Waals surface area contributed by atoms with Gasteiger partial charge in [0.05, 0.1) is 0 Å². The Morgan fingerprint density at radius 3 is 1.83 bits per heavy atom. The van der Waals surface area contributed by atoms with E-state index in [9.17, 15) is 0 Å². The molecule has 0 aliphatic heterocycles. The summed E-state index contributed by atoms with van der Waals surface area (Å²) in [4.78, 5) is 0. The quantitative estimate of drug-likeness (QED) is 0.207. The van der Waals surface area contributed by atoms with Gasteiger partial charge in [0.15, 0.2) is 0 Å². The van der Waals surface area contributed by atoms with Crippen molar-refractivity contribution in [2.24, 2.45) is 5.92 Å². The van der Waals surface area contributed by atoms with Crippen molar-refractivity contribution in [3.63, 3.8) is 0 Å². The van der Waals surface area contributed by atoms with Crippen molar-refractivity contribution < 1.29 is 8.85 Å². The van der Waals surface area contributed by atoms with E-state index in [4.69, 9.17) is 8.85 Å². The predicted octanol–water partition coefficient (Wildman–Crippen LogP) is 7.08. The van der Waals surface area contributed by atoms with Gasteiger partial charge >= 0.3 is 8.56 Å². The zero-order valence-corrected chi connectivity index (χ0v) is 17.8. The average Bonchev–Trinajstić information content (AvgIpc) is 2.53. The monoisotopic (exact) mass is 344 g/mol. The van der Waals surface area contributed by atoms with Crippen LogP contribution >= 0.6 is 0 Å². The van der Waals surface area contributed by atoms with E-state index < -0.39 is 8.56 Å². The van der Waals surface area contributed by atoms with E-state index in [-0.39, 0.29) is 0 Å². The van der Waals surface area contributed by atoms with Crippen LogP contribution in [0.2, 0.25) is 13.1 Å². The summed E-state index contributed by atoms with van der Waals surface area (Å²) in [5.74, 6) is 0.716. The van der Waals surface area contributed by atoms with Crippen LogP contribution in [0.3, 0.4) is 0 Å². The highest BCUT2D eigenvalue weighted by Crippen LogP contribution is 2.17. The minimum absolute atomic E-state index is 0.716. The van der Waals surface area contributed by atoms with Gasteiger partial charge in [-0.25, -0.2) is 0 Å². The molecule has 0 aliphatic rings. The molecule has 0 saturated carbocycles. The van der Waals surface area contributed by atoms with Crippen molar-refractivity contribution in [1.82, 2.24) is 0 Å². The second kappa shape index (κ2) is 15.7. The Bertz CT molecular complexity index is 244. The fourth-order valence-corrected chi connectivity index (χ4v) is 4.17. The molecule has 23 heavy (non-hydrogen) atoms. The third kappa shape index (κ3) is 15.4. The zero-order chi connectivity index (χ0) is 17.4. The maximum atomic E-state index is 6.17. The van der Waals surface area contributed by atoms with E-state index in [1.165, 1.54) is 77.0 Å². The molecule has 0 spiro atoms. The molecule has 0 aromatic rings. The van der Waals surface area contributed by atoms with E-state index in [0.29, 0.717) is 5.92 Å². The van der Waals surface area contributed by atoms with Crippen LogP contribution in [-0.4, -0.2) is 21.8 Å². The van der Waals surface area contributed by atoms with Crippen LogP contribution in [0.15, 0.2) is 0 Å². The maximum Gasteiger partial charge on any atom is 0.331 e. The summed E-state index contributed by atoms with van der Waals surface area (Å²) >= 11 is 0. The lowest BCUT2D eigenvalue weighted by Gasteiger charge is -2.26. The van der Waals surface area contributed by atoms with Crippen molar-refractivity contribution >= 4 is 8.56 Å². The van der Waals surface area contributed by atoms with E-state index in [1.807, 2.05) is 0 Å². The van der Waals surface area contributed by atoms with Gasteiger partial charge in [0.2, 0.25) is 0 Å². The van der Waals surface area contributed by atoms with Gasteiger partial charge in [-0.05, 0) is 31.9 Å². The molecule has 0 bridgehead atoms. The third-order valence-electron chi connectivity index (χ3n) is 4.66. The van der Waals surface area contributed by atoms with Crippen LogP contribution in [0.25, 0.3) is 0 Å². The molecule has 0 rings (SSSR count). The maximum absolute atomic E-state index is 6.17. The summed E-state index contributed by atoms with van der Waals surface area (Å²) in [6, 6.07) is 0. The zero-order valence-electron chi connectivity index (χ0n) is 16.8. The van der Waals surface area contributed by atoms with Gasteiger partial charge < -0.3 is 8.85 Å². The minimum Gasteiger partial charge on any atom is -0.395 e. The Morgan fingerprint density at radius 1 is 0.696 bits per heavy atom. The van der Waals surface area contributed by atoms with E-state index in [1.54, 1.807) is 0 Å². The number of hydrogen-bond donors (Lipinski definition) is 0. The number of rotatable bonds is 17. The summed E-state index contributed by atoms with van der Waals surface area (Å²) < 4.78 is 12.3. The summed E-state index contributed by atoms with van der Waals surface area (Å²) in [6.45, 7) is 13.0. The summed E-state index contributed by atoms with van der Waals surface area (Å²) in [5.41, 5.74) is 0. The fourth-order valence-electron chi connectivity index (χ4n) is 2.81. The molecule has 1 unspecified atom stereocenters. The first-order valence-electron chi connectivity index (χ1n) is 10.3. The standard InChI is InChI=1S/C20H44O2Si/c1-6-9-11-12-13-14-15-16-18-21-23(4,5)22-19-20(8-3)17-10-7-2/h20H,6-19H2,1-5H3. The van der Waals surface area contributed by atoms with Gasteiger partial charge in [0, 0.05) is 13.2 Å². The SMILES string of the molecule is CCCCCCCCCCO[Si](C)(C)OCC(CC)CCCC. The summed E-state index contributed by atoms with van der Waals surface area (Å²) in [7, 11) is -1.91. The number of hydrogen-bond acceptors (Lipinski definition) is 2. The molecule has 2 nitrogen and oxygen atoms in total. The van der Waals surface area contributed by atoms with Crippen LogP contribution in [0.4, 0.5) is 0 Å². The molecule has 0 amide bonds. The first kappa shape index (κ1) is 23.1. The van der Waals surface area contributed by atoms with Gasteiger partial charge in [0.1, 0.15) is 0 Å². The summed E-state index contributed by atoms with van der Waals surface area (Å²) in [6.07, 6.45) is 16.0. The molecular formula is C20H44O2Si. The molecule has 3 heteroatoms. The minimum atomic E-state index is -1.91. The molecule has 0 N–H and O–H groups in total. The lowest BCUT2D eigenvalue weighted by atomic mass is 10.0. The van der Waals surface area contributed by atoms with Gasteiger partial charge in [-0.15, -0.1) is 0 Å². The highest BCUT2D eigenvalue weighted by molar-refractivity contribution is 6.64. The fraction of sp³-hybridized carbons (Fsp3) is 1.00. The Hall–Kier alpha value is 0.137. The lowest BCUT2D eigenvalue weighted by Crippen LogP contribution is -2.37. The lowest BCUT2D eigenvalue weighted by molar-refractivity contribution is 0.146.